The molecule has 1 aliphatic heterocycles. The third-order valence-corrected chi connectivity index (χ3v) is 26.7. The van der Waals surface area contributed by atoms with Gasteiger partial charge < -0.3 is 145 Å². The van der Waals surface area contributed by atoms with Gasteiger partial charge >= 0.3 is 5.97 Å². The first-order valence-corrected chi connectivity index (χ1v) is 51.7. The molecule has 0 unspecified atom stereocenters. The van der Waals surface area contributed by atoms with Gasteiger partial charge in [-0.3, -0.25) is 91.1 Å². The lowest BCUT2D eigenvalue weighted by Gasteiger charge is -2.36. The zero-order chi connectivity index (χ0) is 111. The molecule has 47 heteroatoms. The number of para-hydroxylation sites is 2. The van der Waals surface area contributed by atoms with Crippen molar-refractivity contribution >= 4 is 140 Å². The smallest absolute Gasteiger partial charge is 0.326 e. The van der Waals surface area contributed by atoms with Crippen molar-refractivity contribution in [3.8, 4) is 0 Å². The Kier molecular flexibility index (Phi) is 51.9. The summed E-state index contributed by atoms with van der Waals surface area (Å²) in [5.74, 6) is -22.1. The summed E-state index contributed by atoms with van der Waals surface area (Å²) in [6, 6.07) is 0.0934. The van der Waals surface area contributed by atoms with Crippen molar-refractivity contribution in [3.05, 3.63) is 108 Å². The summed E-state index contributed by atoms with van der Waals surface area (Å²) in [5, 5.41) is 65.1. The zero-order valence-corrected chi connectivity index (χ0v) is 87.6. The molecule has 0 spiro atoms. The van der Waals surface area contributed by atoms with E-state index in [9.17, 15) is 77.3 Å². The van der Waals surface area contributed by atoms with Gasteiger partial charge in [0, 0.05) is 60.4 Å². The van der Waals surface area contributed by atoms with E-state index in [0.29, 0.717) is 90.0 Å². The van der Waals surface area contributed by atoms with Gasteiger partial charge in [-0.15, -0.1) is 0 Å². The SMILES string of the molecule is CC[C@H](C)[C@H](NC(=O)[C@H](CC(N)=O)NC(=O)[C@H](Cc1ccccc1)NC(=O)[C@H](Cc1c[nH]c2ccccc12)NC(=O)[C@H](CC(N)=O)NC(C)=O)C(=O)N[C@H](C(=O)N[C@@H](CC(N)=O)C(=O)N[C@]1(C)CCCCCC[C@@](C)(C(=O)N[C@H](C(=O)N[C@@H](CCCCN)C(=O)N[C@@H](CCCCN)C(=O)N[C@@H](CCCCN)C(=O)N[C@@H](CCCCN)C(=O)O)[C@@H](C)CC)NC(=O)[C@H](Cc2c[nH]c3ccccc23)NC(=O)[C@H](CC(C)C)NC1=O)[C@@H](C)O. The first-order valence-electron chi connectivity index (χ1n) is 51.7. The van der Waals surface area contributed by atoms with Crippen LogP contribution in [0.5, 0.6) is 0 Å². The minimum atomic E-state index is -2.08. The van der Waals surface area contributed by atoms with Crippen molar-refractivity contribution in [1.82, 2.24) is 95.0 Å². The quantitative estimate of drug-likeness (QED) is 0.0194. The maximum absolute atomic E-state index is 15.7. The topological polar surface area (TPSA) is 788 Å². The molecule has 0 saturated carbocycles. The van der Waals surface area contributed by atoms with Crippen LogP contribution in [0.1, 0.15) is 240 Å². The number of primary amides is 3. The number of carbonyl (C=O) groups excluding carboxylic acids is 19. The van der Waals surface area contributed by atoms with Crippen LogP contribution >= 0.6 is 0 Å². The van der Waals surface area contributed by atoms with E-state index in [-0.39, 0.29) is 135 Å². The van der Waals surface area contributed by atoms with Crippen molar-refractivity contribution < 1.29 is 106 Å². The van der Waals surface area contributed by atoms with E-state index in [1.165, 1.54) is 20.8 Å². The lowest BCUT2D eigenvalue weighted by molar-refractivity contribution is -0.142. The monoisotopic (exact) mass is 2100 g/mol. The van der Waals surface area contributed by atoms with E-state index in [1.54, 1.807) is 126 Å². The highest BCUT2D eigenvalue weighted by Gasteiger charge is 2.46. The molecule has 1 fully saturated rings. The molecule has 828 valence electrons. The van der Waals surface area contributed by atoms with E-state index in [2.05, 4.69) is 95.0 Å². The Morgan fingerprint density at radius 3 is 1.26 bits per heavy atom. The second kappa shape index (κ2) is 62.4. The lowest BCUT2D eigenvalue weighted by Crippen LogP contribution is -2.66. The van der Waals surface area contributed by atoms with Gasteiger partial charge in [-0.1, -0.05) is 147 Å². The van der Waals surface area contributed by atoms with E-state index < -0.39 is 251 Å². The average molecular weight is 2100 g/mol. The predicted octanol–water partition coefficient (Wildman–Crippen LogP) is -1.67. The number of aromatic amines is 2. The van der Waals surface area contributed by atoms with Gasteiger partial charge in [0.05, 0.1) is 25.4 Å². The molecular formula is C103H159N25O22. The zero-order valence-electron chi connectivity index (χ0n) is 87.6. The van der Waals surface area contributed by atoms with E-state index in [0.717, 1.165) is 13.8 Å². The standard InChI is InChI=1S/C103H159N25O22/c1-11-58(5)83(124-93(141)78(53-81(109)132)121-90(138)74(49-62-32-16-15-17-33-62)118-91(139)75(50-63-55-111-67-36-20-18-34-65(63)67)119-92(140)77(52-80(108)131)113-61(8)130)97(145)125-85(60(7)129)98(146)122-79(54-82(110)133)95(143)128-102(9)42-26-13-14-27-43-103(10,127-94(142)76(51-64-56-112-68-37-21-19-35-66(64)68)120-89(137)73(48-57(3)4)123-100(102)149)101(150)126-84(59(6)12-2)96(144)116-71(40-24-30-46-106)87(135)114-69(38-22-28-44-104)86(134)115-70(39-23-29-45-105)88(136)117-72(99(147)148)41-25-31-47-107/h15-21,32-37,55-60,69-79,83-85,111-112,129H,11-14,22-31,38-54,104-107H2,1-10H3,(H2,108,131)(H2,109,132)(H2,110,133)(H,113,130)(H,114,135)(H,115,134)(H,116,144)(H,117,136)(H,118,139)(H,119,140)(H,120,137)(H,121,138)(H,122,146)(H,123,149)(H,124,141)(H,125,145)(H,126,150)(H,127,142)(H,128,143)(H,147,148)/t58-,59-,60+,69-,70-,71-,72-,73-,74-,75-,76-,77-,78-,79-,83-,84-,85-,102+,103-/m0/s1. The number of nitrogens with one attached hydrogen (secondary N) is 18. The van der Waals surface area contributed by atoms with Crippen molar-refractivity contribution in [2.75, 3.05) is 26.2 Å². The number of carbonyl (C=O) groups is 20. The van der Waals surface area contributed by atoms with Gasteiger partial charge in [0.25, 0.3) is 0 Å². The van der Waals surface area contributed by atoms with Crippen LogP contribution in [0.2, 0.25) is 0 Å². The largest absolute Gasteiger partial charge is 0.480 e. The fourth-order valence-electron chi connectivity index (χ4n) is 17.6. The van der Waals surface area contributed by atoms with Crippen LogP contribution in [0.15, 0.2) is 91.3 Å². The minimum absolute atomic E-state index is 0.0119. The molecule has 19 amide bonds. The second-order valence-electron chi connectivity index (χ2n) is 39.8. The Hall–Kier alpha value is -14.1. The number of nitrogens with two attached hydrogens (primary N) is 7. The number of carboxylic acid groups (broad SMARTS) is 1. The number of amides is 19. The van der Waals surface area contributed by atoms with Gasteiger partial charge in [0.15, 0.2) is 0 Å². The van der Waals surface area contributed by atoms with Gasteiger partial charge in [-0.05, 0) is 190 Å². The number of aliphatic hydroxyl groups excluding tert-OH is 1. The number of unbranched alkanes of at least 4 members (excludes halogenated alkanes) is 4. The first kappa shape index (κ1) is 125. The molecular weight excluding hydrogens is 1940 g/mol. The Balaban J connectivity index is 1.29. The van der Waals surface area contributed by atoms with Crippen molar-refractivity contribution in [2.45, 2.75) is 344 Å². The molecule has 1 saturated heterocycles. The molecule has 6 rings (SSSR count). The molecule has 34 N–H and O–H groups in total. The summed E-state index contributed by atoms with van der Waals surface area (Å²) in [6.07, 6.45) is 1.82. The van der Waals surface area contributed by atoms with Gasteiger partial charge in [-0.2, -0.15) is 0 Å². The third-order valence-electron chi connectivity index (χ3n) is 26.7. The van der Waals surface area contributed by atoms with E-state index in [1.807, 2.05) is 0 Å². The highest BCUT2D eigenvalue weighted by Crippen LogP contribution is 2.28. The van der Waals surface area contributed by atoms with Crippen LogP contribution in [-0.2, 0) is 115 Å². The molecule has 5 aromatic rings. The number of aliphatic hydroxyl groups is 1. The molecule has 0 radical (unpaired) electrons. The number of hydrogen-bond acceptors (Lipinski definition) is 25. The summed E-state index contributed by atoms with van der Waals surface area (Å²) < 4.78 is 0. The molecule has 19 atom stereocenters. The van der Waals surface area contributed by atoms with Crippen LogP contribution in [0.25, 0.3) is 21.8 Å². The molecule has 3 aromatic carbocycles. The molecule has 0 aliphatic carbocycles. The second-order valence-corrected chi connectivity index (χ2v) is 39.8. The van der Waals surface area contributed by atoms with Crippen molar-refractivity contribution in [3.63, 3.8) is 0 Å². The summed E-state index contributed by atoms with van der Waals surface area (Å²) in [6.45, 7) is 16.0. The molecule has 3 heterocycles. The highest BCUT2D eigenvalue weighted by molar-refractivity contribution is 6.04. The van der Waals surface area contributed by atoms with Gasteiger partial charge in [-0.25, -0.2) is 4.79 Å². The number of fused-ring (bicyclic) bond motifs is 2. The Morgan fingerprint density at radius 1 is 0.407 bits per heavy atom. The number of H-pyrrole nitrogens is 2. The maximum Gasteiger partial charge on any atom is 0.326 e. The van der Waals surface area contributed by atoms with Crippen molar-refractivity contribution in [1.29, 1.82) is 0 Å². The number of rotatable bonds is 61. The van der Waals surface area contributed by atoms with E-state index in [4.69, 9.17) is 40.1 Å². The maximum atomic E-state index is 15.7. The summed E-state index contributed by atoms with van der Waals surface area (Å²) in [7, 11) is 0. The number of carboxylic acids is 1. The fraction of sp³-hybridized carbons (Fsp3) is 0.592. The summed E-state index contributed by atoms with van der Waals surface area (Å²) >= 11 is 0. The third kappa shape index (κ3) is 40.1. The molecule has 0 bridgehead atoms. The van der Waals surface area contributed by atoms with Gasteiger partial charge in [0.1, 0.15) is 95.7 Å². The van der Waals surface area contributed by atoms with Crippen LogP contribution in [0, 0.1) is 17.8 Å². The average Bonchev–Trinajstić information content (AvgIpc) is 1.40. The van der Waals surface area contributed by atoms with Crippen LogP contribution in [0.3, 0.4) is 0 Å². The molecule has 1 aliphatic rings. The molecule has 2 aromatic heterocycles. The number of benzene rings is 3. The van der Waals surface area contributed by atoms with Crippen LogP contribution in [-0.4, -0.2) is 266 Å². The Bertz CT molecular complexity index is 5390. The first-order chi connectivity index (χ1) is 71.1. The van der Waals surface area contributed by atoms with Crippen LogP contribution < -0.4 is 125 Å². The summed E-state index contributed by atoms with van der Waals surface area (Å²) in [5.41, 5.74) is 39.0. The van der Waals surface area contributed by atoms with Gasteiger partial charge in [0.2, 0.25) is 112 Å². The molecule has 150 heavy (non-hydrogen) atoms. The highest BCUT2D eigenvalue weighted by atomic mass is 16.4. The normalized spacial score (nSPS) is 18.7. The summed E-state index contributed by atoms with van der Waals surface area (Å²) in [4.78, 5) is 293. The molecule has 47 nitrogen and oxygen atoms in total. The fourth-order valence-corrected chi connectivity index (χ4v) is 17.6. The minimum Gasteiger partial charge on any atom is -0.480 e. The lowest BCUT2D eigenvalue weighted by atomic mass is 9.88. The van der Waals surface area contributed by atoms with Crippen molar-refractivity contribution in [2.24, 2.45) is 57.9 Å². The Labute approximate surface area is 873 Å². The van der Waals surface area contributed by atoms with E-state index >= 15 is 28.8 Å². The predicted molar refractivity (Wildman–Crippen MR) is 558 cm³/mol. The number of hydrogen-bond donors (Lipinski definition) is 27. The van der Waals surface area contributed by atoms with Crippen LogP contribution in [0.4, 0.5) is 0 Å². The number of aliphatic carboxylic acids is 1. The Morgan fingerprint density at radius 2 is 0.787 bits per heavy atom. The number of aromatic nitrogens is 2.